The van der Waals surface area contributed by atoms with Gasteiger partial charge >= 0.3 is 32.5 Å². The third kappa shape index (κ3) is 9.51. The number of hydrogen-bond acceptors (Lipinski definition) is 16. The monoisotopic (exact) mass is 840 g/mol. The van der Waals surface area contributed by atoms with E-state index < -0.39 is 94.1 Å². The molecule has 20 nitrogen and oxygen atoms in total. The van der Waals surface area contributed by atoms with Crippen LogP contribution < -0.4 is 5.56 Å². The second-order valence-electron chi connectivity index (χ2n) is 11.1. The highest BCUT2D eigenvalue weighted by molar-refractivity contribution is 9.10. The minimum Gasteiger partial charge on any atom is -0.457 e. The molecule has 51 heavy (non-hydrogen) atoms. The Hall–Kier alpha value is -3.01. The molecule has 2 saturated heterocycles. The molecule has 3 N–H and O–H groups in total. The van der Waals surface area contributed by atoms with Gasteiger partial charge in [-0.05, 0) is 39.4 Å². The maximum atomic E-state index is 13.9. The summed E-state index contributed by atoms with van der Waals surface area (Å²) in [5, 5.41) is 0. The Morgan fingerprint density at radius 2 is 1.55 bits per heavy atom. The quantitative estimate of drug-likeness (QED) is 0.0962. The first-order chi connectivity index (χ1) is 23.9. The van der Waals surface area contributed by atoms with Crippen molar-refractivity contribution >= 4 is 71.0 Å². The number of nitrogens with zero attached hydrogens (tertiary/aromatic N) is 4. The number of benzene rings is 1. The fraction of sp³-hybridized carbons (Fsp3) is 0.481. The number of phosphoric ester groups is 1. The number of aromatic nitrogens is 4. The third-order valence-corrected chi connectivity index (χ3v) is 11.3. The summed E-state index contributed by atoms with van der Waals surface area (Å²) in [4.78, 5) is 88.1. The molecule has 4 heterocycles. The van der Waals surface area contributed by atoms with Crippen LogP contribution >= 0.6 is 41.9 Å². The van der Waals surface area contributed by atoms with Crippen LogP contribution in [-0.2, 0) is 56.2 Å². The number of imidazole rings is 1. The first-order valence-electron chi connectivity index (χ1n) is 14.8. The fourth-order valence-corrected chi connectivity index (χ4v) is 8.81. The number of carbonyl (C=O) groups is 3. The Kier molecular flexibility index (Phi) is 12.2. The van der Waals surface area contributed by atoms with Crippen LogP contribution in [0.3, 0.4) is 0 Å². The average molecular weight is 841 g/mol. The predicted octanol–water partition coefficient (Wildman–Crippen LogP) is 2.01. The molecule has 2 fully saturated rings. The van der Waals surface area contributed by atoms with Crippen molar-refractivity contribution < 1.29 is 70.9 Å². The second kappa shape index (κ2) is 15.9. The van der Waals surface area contributed by atoms with Crippen LogP contribution in [0.1, 0.15) is 33.0 Å². The maximum Gasteiger partial charge on any atom is 0.469 e. The van der Waals surface area contributed by atoms with E-state index in [0.29, 0.717) is 16.3 Å². The Labute approximate surface area is 300 Å². The molecule has 1 aromatic carbocycles. The largest absolute Gasteiger partial charge is 0.469 e. The molecule has 0 saturated carbocycles. The van der Waals surface area contributed by atoms with Crippen molar-refractivity contribution in [2.24, 2.45) is 0 Å². The molecule has 0 bridgehead atoms. The van der Waals surface area contributed by atoms with Gasteiger partial charge in [-0.3, -0.25) is 37.4 Å². The van der Waals surface area contributed by atoms with Crippen molar-refractivity contribution in [2.45, 2.75) is 68.5 Å². The van der Waals surface area contributed by atoms with Crippen LogP contribution in [0.5, 0.6) is 0 Å². The molecule has 0 radical (unpaired) electrons. The van der Waals surface area contributed by atoms with Crippen LogP contribution in [0.4, 0.5) is 0 Å². The van der Waals surface area contributed by atoms with E-state index in [-0.39, 0.29) is 22.5 Å². The van der Waals surface area contributed by atoms with Gasteiger partial charge in [-0.15, -0.1) is 0 Å². The Morgan fingerprint density at radius 3 is 2.18 bits per heavy atom. The average Bonchev–Trinajstić information content (AvgIpc) is 3.67. The van der Waals surface area contributed by atoms with Crippen molar-refractivity contribution in [3.8, 4) is 0 Å². The van der Waals surface area contributed by atoms with Gasteiger partial charge in [-0.25, -0.2) is 19.1 Å². The molecule has 2 aromatic heterocycles. The SMILES string of the molecule is CC(=O)O[C@@H]1[C@H](OC(C)=O)[C@@H](COP(=O)(O)O)O[C@H]1n1c(Br)nc2c(=O)n([C@H]3CO[C@@H](COP(=O)(O)Sc4ccccc4)[C@H]3OC(C)=O)cnc21. The van der Waals surface area contributed by atoms with Gasteiger partial charge in [0.05, 0.1) is 19.8 Å². The number of ether oxygens (including phenoxy) is 5. The maximum absolute atomic E-state index is 13.9. The lowest BCUT2D eigenvalue weighted by atomic mass is 10.1. The molecule has 0 spiro atoms. The molecule has 8 atom stereocenters. The standard InChI is InChI=1S/C27H31BrN4O16P2S/c1-13(33)45-21-17(9-42-18(21)10-44-50(40,41)51-16-7-5-4-6-8-16)31-12-29-24-20(25(31)36)30-27(28)32(24)26-23(47-15(3)35)22(46-14(2)34)19(48-26)11-43-49(37,38)39/h4-8,12,17-19,21-23,26H,9-11H2,1-3H3,(H,40,41)(H2,37,38,39)/t17-,18-,19+,21-,22+,23+,26+/m0/s1. The zero-order chi connectivity index (χ0) is 37.2. The number of carbonyl (C=O) groups excluding carboxylic acids is 3. The Balaban J connectivity index is 1.44. The van der Waals surface area contributed by atoms with Crippen molar-refractivity contribution in [1.29, 1.82) is 0 Å². The highest BCUT2D eigenvalue weighted by atomic mass is 79.9. The van der Waals surface area contributed by atoms with Crippen LogP contribution in [0.2, 0.25) is 0 Å². The molecule has 24 heteroatoms. The minimum absolute atomic E-state index is 0.0692. The van der Waals surface area contributed by atoms with Gasteiger partial charge in [0.2, 0.25) is 0 Å². The van der Waals surface area contributed by atoms with Crippen LogP contribution in [0.25, 0.3) is 11.2 Å². The summed E-state index contributed by atoms with van der Waals surface area (Å²) in [6.07, 6.45) is -6.78. The number of esters is 3. The van der Waals surface area contributed by atoms with Crippen molar-refractivity contribution in [3.63, 3.8) is 0 Å². The molecule has 0 amide bonds. The smallest absolute Gasteiger partial charge is 0.457 e. The van der Waals surface area contributed by atoms with E-state index in [4.69, 9.17) is 28.2 Å². The summed E-state index contributed by atoms with van der Waals surface area (Å²) in [5.41, 5.74) is -1.13. The van der Waals surface area contributed by atoms with E-state index in [1.807, 2.05) is 0 Å². The van der Waals surface area contributed by atoms with Crippen molar-refractivity contribution in [3.05, 3.63) is 51.7 Å². The van der Waals surface area contributed by atoms with Gasteiger partial charge < -0.3 is 38.4 Å². The lowest BCUT2D eigenvalue weighted by Gasteiger charge is -2.25. The molecular weight excluding hydrogens is 810 g/mol. The summed E-state index contributed by atoms with van der Waals surface area (Å²) in [6, 6.07) is 7.39. The van der Waals surface area contributed by atoms with Gasteiger partial charge in [0.15, 0.2) is 40.4 Å². The van der Waals surface area contributed by atoms with Gasteiger partial charge in [-0.2, -0.15) is 0 Å². The van der Waals surface area contributed by atoms with E-state index in [9.17, 15) is 43.0 Å². The molecule has 2 aliphatic heterocycles. The molecule has 278 valence electrons. The first kappa shape index (κ1) is 39.2. The Morgan fingerprint density at radius 1 is 0.941 bits per heavy atom. The van der Waals surface area contributed by atoms with E-state index >= 15 is 0 Å². The lowest BCUT2D eigenvalue weighted by Crippen LogP contribution is -2.40. The van der Waals surface area contributed by atoms with Gasteiger partial charge in [-0.1, -0.05) is 18.2 Å². The van der Waals surface area contributed by atoms with Crippen molar-refractivity contribution in [2.75, 3.05) is 19.8 Å². The fourth-order valence-electron chi connectivity index (χ4n) is 5.49. The highest BCUT2D eigenvalue weighted by Gasteiger charge is 2.52. The number of halogens is 1. The summed E-state index contributed by atoms with van der Waals surface area (Å²) in [5.74, 6) is -2.39. The van der Waals surface area contributed by atoms with Gasteiger partial charge in [0, 0.05) is 25.7 Å². The molecule has 1 unspecified atom stereocenters. The van der Waals surface area contributed by atoms with E-state index in [1.165, 1.54) is 4.57 Å². The topological polar surface area (TPSA) is 263 Å². The van der Waals surface area contributed by atoms with Gasteiger partial charge in [0.25, 0.3) is 5.56 Å². The van der Waals surface area contributed by atoms with Gasteiger partial charge in [0.1, 0.15) is 24.6 Å². The summed E-state index contributed by atoms with van der Waals surface area (Å²) in [6.45, 7) is -2.43. The lowest BCUT2D eigenvalue weighted by molar-refractivity contribution is -0.165. The zero-order valence-electron chi connectivity index (χ0n) is 26.7. The van der Waals surface area contributed by atoms with Crippen LogP contribution in [0, 0.1) is 0 Å². The first-order valence-corrected chi connectivity index (χ1v) is 20.1. The predicted molar refractivity (Wildman–Crippen MR) is 175 cm³/mol. The zero-order valence-corrected chi connectivity index (χ0v) is 30.9. The third-order valence-electron chi connectivity index (χ3n) is 7.39. The summed E-state index contributed by atoms with van der Waals surface area (Å²) in [7, 11) is -5.01. The summed E-state index contributed by atoms with van der Waals surface area (Å²) < 4.78 is 64.2. The normalized spacial score (nSPS) is 26.1. The minimum atomic E-state index is -5.01. The van der Waals surface area contributed by atoms with Crippen LogP contribution in [-0.4, -0.2) is 102 Å². The molecule has 5 rings (SSSR count). The van der Waals surface area contributed by atoms with E-state index in [1.54, 1.807) is 30.3 Å². The number of rotatable bonds is 13. The van der Waals surface area contributed by atoms with Crippen LogP contribution in [0.15, 0.2) is 51.1 Å². The second-order valence-corrected chi connectivity index (χ2v) is 16.8. The number of hydrogen-bond donors (Lipinski definition) is 3. The molecule has 2 aliphatic rings. The number of phosphoric acid groups is 1. The molecule has 0 aliphatic carbocycles. The molecular formula is C27H31BrN4O16P2S. The Bertz CT molecular complexity index is 1940. The highest BCUT2D eigenvalue weighted by Crippen LogP contribution is 2.59. The number of fused-ring (bicyclic) bond motifs is 1. The van der Waals surface area contributed by atoms with E-state index in [2.05, 4.69) is 30.4 Å². The van der Waals surface area contributed by atoms with E-state index in [0.717, 1.165) is 31.7 Å². The summed E-state index contributed by atoms with van der Waals surface area (Å²) >= 11 is 3.86. The van der Waals surface area contributed by atoms with Crippen molar-refractivity contribution in [1.82, 2.24) is 19.1 Å². The molecule has 3 aromatic rings.